The van der Waals surface area contributed by atoms with Gasteiger partial charge in [0.2, 0.25) is 8.32 Å². The van der Waals surface area contributed by atoms with Crippen molar-refractivity contribution in [1.29, 1.82) is 0 Å². The summed E-state index contributed by atoms with van der Waals surface area (Å²) in [6.07, 6.45) is 0. The first kappa shape index (κ1) is 11.5. The summed E-state index contributed by atoms with van der Waals surface area (Å²) in [5.74, 6) is 0.958. The molecule has 0 aliphatic heterocycles. The minimum absolute atomic E-state index is 0.958. The van der Waals surface area contributed by atoms with Crippen molar-refractivity contribution in [2.45, 2.75) is 19.6 Å². The van der Waals surface area contributed by atoms with E-state index in [0.29, 0.717) is 0 Å². The number of halogens is 2. The summed E-state index contributed by atoms with van der Waals surface area (Å²) in [6, 6.07) is 6.14. The lowest BCUT2D eigenvalue weighted by atomic mass is 10.3. The van der Waals surface area contributed by atoms with E-state index in [2.05, 4.69) is 70.3 Å². The summed E-state index contributed by atoms with van der Waals surface area (Å²) in [4.78, 5) is 0. The van der Waals surface area contributed by atoms with Crippen LogP contribution < -0.4 is 4.43 Å². The molecule has 0 radical (unpaired) electrons. The predicted molar refractivity (Wildman–Crippen MR) is 70.8 cm³/mol. The Morgan fingerprint density at radius 3 is 2.38 bits per heavy atom. The van der Waals surface area contributed by atoms with Crippen LogP contribution in [0.3, 0.4) is 0 Å². The highest BCUT2D eigenvalue weighted by atomic mass is 127. The molecule has 13 heavy (non-hydrogen) atoms. The summed E-state index contributed by atoms with van der Waals surface area (Å²) in [5, 5.41) is 0. The van der Waals surface area contributed by atoms with Crippen molar-refractivity contribution in [3.05, 3.63) is 26.2 Å². The van der Waals surface area contributed by atoms with Gasteiger partial charge >= 0.3 is 0 Å². The normalized spacial score (nSPS) is 11.5. The molecule has 4 heteroatoms. The van der Waals surface area contributed by atoms with Gasteiger partial charge in [0.25, 0.3) is 0 Å². The Bertz CT molecular complexity index is 309. The zero-order valence-electron chi connectivity index (χ0n) is 7.90. The fourth-order valence-electron chi connectivity index (χ4n) is 0.888. The Labute approximate surface area is 102 Å². The highest BCUT2D eigenvalue weighted by Gasteiger charge is 2.17. The Hall–Kier alpha value is 0.447. The van der Waals surface area contributed by atoms with Crippen molar-refractivity contribution in [1.82, 2.24) is 0 Å². The molecule has 0 aliphatic rings. The van der Waals surface area contributed by atoms with Crippen LogP contribution in [0.15, 0.2) is 22.7 Å². The maximum Gasteiger partial charge on any atom is 0.242 e. The molecule has 0 bridgehead atoms. The zero-order valence-corrected chi connectivity index (χ0v) is 12.6. The smallest absolute Gasteiger partial charge is 0.242 e. The maximum atomic E-state index is 5.88. The van der Waals surface area contributed by atoms with Crippen molar-refractivity contribution in [3.63, 3.8) is 0 Å². The lowest BCUT2D eigenvalue weighted by Gasteiger charge is -2.20. The van der Waals surface area contributed by atoms with E-state index in [1.54, 1.807) is 0 Å². The van der Waals surface area contributed by atoms with E-state index >= 15 is 0 Å². The van der Waals surface area contributed by atoms with Crippen molar-refractivity contribution >= 4 is 46.8 Å². The van der Waals surface area contributed by atoms with Crippen LogP contribution in [-0.2, 0) is 0 Å². The van der Waals surface area contributed by atoms with E-state index in [0.717, 1.165) is 10.2 Å². The Kier molecular flexibility index (Phi) is 3.82. The Morgan fingerprint density at radius 1 is 1.31 bits per heavy atom. The molecular formula is C9H12BrIOSi. The molecule has 1 aromatic carbocycles. The van der Waals surface area contributed by atoms with Crippen LogP contribution in [0, 0.1) is 3.57 Å². The first-order valence-corrected chi connectivity index (χ1v) is 9.30. The van der Waals surface area contributed by atoms with Crippen LogP contribution in [0.2, 0.25) is 19.6 Å². The number of benzene rings is 1. The number of hydrogen-bond donors (Lipinski definition) is 0. The minimum atomic E-state index is -1.48. The fourth-order valence-corrected chi connectivity index (χ4v) is 3.25. The number of rotatable bonds is 2. The second-order valence-electron chi connectivity index (χ2n) is 3.79. The Balaban J connectivity index is 2.90. The van der Waals surface area contributed by atoms with Crippen molar-refractivity contribution in [2.75, 3.05) is 0 Å². The molecule has 0 atom stereocenters. The van der Waals surface area contributed by atoms with Gasteiger partial charge in [-0.15, -0.1) is 0 Å². The first-order chi connectivity index (χ1) is 5.88. The van der Waals surface area contributed by atoms with Gasteiger partial charge in [0.1, 0.15) is 5.75 Å². The van der Waals surface area contributed by atoms with Crippen molar-refractivity contribution in [3.8, 4) is 5.75 Å². The van der Waals surface area contributed by atoms with E-state index in [9.17, 15) is 0 Å². The summed E-state index contributed by atoms with van der Waals surface area (Å²) in [7, 11) is -1.48. The van der Waals surface area contributed by atoms with Crippen LogP contribution in [0.25, 0.3) is 0 Å². The summed E-state index contributed by atoms with van der Waals surface area (Å²) < 4.78 is 8.13. The molecule has 1 rings (SSSR count). The van der Waals surface area contributed by atoms with E-state index in [-0.39, 0.29) is 0 Å². The molecule has 72 valence electrons. The van der Waals surface area contributed by atoms with Gasteiger partial charge in [-0.1, -0.05) is 0 Å². The third-order valence-electron chi connectivity index (χ3n) is 1.31. The molecule has 0 N–H and O–H groups in total. The maximum absolute atomic E-state index is 5.88. The number of hydrogen-bond acceptors (Lipinski definition) is 1. The largest absolute Gasteiger partial charge is 0.544 e. The van der Waals surface area contributed by atoms with Crippen molar-refractivity contribution in [2.24, 2.45) is 0 Å². The van der Waals surface area contributed by atoms with Crippen LogP contribution in [0.1, 0.15) is 0 Å². The Morgan fingerprint density at radius 2 is 1.92 bits per heavy atom. The molecule has 0 amide bonds. The van der Waals surface area contributed by atoms with Crippen LogP contribution >= 0.6 is 38.5 Å². The molecule has 0 fully saturated rings. The molecule has 0 unspecified atom stereocenters. The van der Waals surface area contributed by atoms with Gasteiger partial charge in [0, 0.05) is 3.57 Å². The lowest BCUT2D eigenvalue weighted by Crippen LogP contribution is -2.29. The average Bonchev–Trinajstić information content (AvgIpc) is 1.93. The van der Waals surface area contributed by atoms with E-state index in [4.69, 9.17) is 4.43 Å². The van der Waals surface area contributed by atoms with E-state index in [1.807, 2.05) is 6.07 Å². The topological polar surface area (TPSA) is 9.23 Å². The monoisotopic (exact) mass is 370 g/mol. The molecule has 0 saturated carbocycles. The summed E-state index contributed by atoms with van der Waals surface area (Å²) in [6.45, 7) is 6.53. The SMILES string of the molecule is C[Si](C)(C)Oc1ccc(I)cc1Br. The third-order valence-corrected chi connectivity index (χ3v) is 3.43. The summed E-state index contributed by atoms with van der Waals surface area (Å²) in [5.41, 5.74) is 0. The van der Waals surface area contributed by atoms with Crippen molar-refractivity contribution < 1.29 is 4.43 Å². The predicted octanol–water partition coefficient (Wildman–Crippen LogP) is 4.27. The second kappa shape index (κ2) is 4.31. The highest BCUT2D eigenvalue weighted by molar-refractivity contribution is 14.1. The second-order valence-corrected chi connectivity index (χ2v) is 10.3. The quantitative estimate of drug-likeness (QED) is 0.558. The van der Waals surface area contributed by atoms with Gasteiger partial charge < -0.3 is 4.43 Å². The average molecular weight is 371 g/mol. The minimum Gasteiger partial charge on any atom is -0.544 e. The van der Waals surface area contributed by atoms with Gasteiger partial charge in [0.15, 0.2) is 0 Å². The van der Waals surface area contributed by atoms with Gasteiger partial charge in [-0.2, -0.15) is 0 Å². The molecule has 0 spiro atoms. The molecule has 0 heterocycles. The van der Waals surface area contributed by atoms with Gasteiger partial charge in [0.05, 0.1) is 4.47 Å². The molecule has 1 aromatic rings. The van der Waals surface area contributed by atoms with Gasteiger partial charge in [-0.05, 0) is 76.4 Å². The standard InChI is InChI=1S/C9H12BrIOSi/c1-13(2,3)12-9-5-4-7(11)6-8(9)10/h4-6H,1-3H3. The summed E-state index contributed by atoms with van der Waals surface area (Å²) >= 11 is 5.78. The van der Waals surface area contributed by atoms with E-state index < -0.39 is 8.32 Å². The first-order valence-electron chi connectivity index (χ1n) is 4.02. The van der Waals surface area contributed by atoms with E-state index in [1.165, 1.54) is 3.57 Å². The van der Waals surface area contributed by atoms with Crippen LogP contribution in [0.5, 0.6) is 5.75 Å². The fraction of sp³-hybridized carbons (Fsp3) is 0.333. The molecule has 1 nitrogen and oxygen atoms in total. The molecule has 0 aromatic heterocycles. The lowest BCUT2D eigenvalue weighted by molar-refractivity contribution is 0.554. The van der Waals surface area contributed by atoms with Gasteiger partial charge in [-0.25, -0.2) is 0 Å². The zero-order chi connectivity index (χ0) is 10.1. The third kappa shape index (κ3) is 3.99. The van der Waals surface area contributed by atoms with Crippen LogP contribution in [0.4, 0.5) is 0 Å². The highest BCUT2D eigenvalue weighted by Crippen LogP contribution is 2.28. The molecular weight excluding hydrogens is 359 g/mol. The molecule has 0 aliphatic carbocycles. The van der Waals surface area contributed by atoms with Crippen LogP contribution in [-0.4, -0.2) is 8.32 Å². The molecule has 0 saturated heterocycles. The van der Waals surface area contributed by atoms with Gasteiger partial charge in [-0.3, -0.25) is 0 Å².